The fraction of sp³-hybridized carbons (Fsp3) is 0.625. The van der Waals surface area contributed by atoms with E-state index in [4.69, 9.17) is 4.74 Å². The first-order chi connectivity index (χ1) is 9.34. The normalized spacial score (nSPS) is 29.3. The maximum absolute atomic E-state index is 13.5. The maximum atomic E-state index is 13.5. The zero-order chi connectivity index (χ0) is 13.1. The summed E-state index contributed by atoms with van der Waals surface area (Å²) in [6, 6.07) is 7.15. The lowest BCUT2D eigenvalue weighted by atomic mass is 9.71. The molecule has 1 aromatic carbocycles. The molecule has 0 aromatic heterocycles. The second kappa shape index (κ2) is 6.02. The zero-order valence-electron chi connectivity index (χ0n) is 11.3. The average molecular weight is 263 g/mol. The van der Waals surface area contributed by atoms with Crippen molar-refractivity contribution in [3.63, 3.8) is 0 Å². The van der Waals surface area contributed by atoms with Gasteiger partial charge in [-0.2, -0.15) is 0 Å². The van der Waals surface area contributed by atoms with E-state index in [9.17, 15) is 4.39 Å². The molecule has 2 atom stereocenters. The van der Waals surface area contributed by atoms with Gasteiger partial charge in [-0.3, -0.25) is 0 Å². The highest BCUT2D eigenvalue weighted by molar-refractivity contribution is 5.23. The lowest BCUT2D eigenvalue weighted by Crippen LogP contribution is -2.40. The Labute approximate surface area is 114 Å². The fourth-order valence-electron chi connectivity index (χ4n) is 3.69. The zero-order valence-corrected chi connectivity index (χ0v) is 11.3. The van der Waals surface area contributed by atoms with E-state index in [1.54, 1.807) is 6.07 Å². The van der Waals surface area contributed by atoms with Crippen molar-refractivity contribution in [1.82, 2.24) is 5.32 Å². The van der Waals surface area contributed by atoms with E-state index in [0.29, 0.717) is 11.8 Å². The van der Waals surface area contributed by atoms with Crippen LogP contribution in [0.2, 0.25) is 0 Å². The summed E-state index contributed by atoms with van der Waals surface area (Å²) in [6.07, 6.45) is 3.53. The highest BCUT2D eigenvalue weighted by Crippen LogP contribution is 2.38. The van der Waals surface area contributed by atoms with Gasteiger partial charge in [0, 0.05) is 19.8 Å². The van der Waals surface area contributed by atoms with Crippen LogP contribution < -0.4 is 5.32 Å². The molecular weight excluding hydrogens is 241 g/mol. The van der Waals surface area contributed by atoms with E-state index in [-0.39, 0.29) is 5.82 Å². The van der Waals surface area contributed by atoms with E-state index < -0.39 is 0 Å². The molecule has 2 aliphatic rings. The summed E-state index contributed by atoms with van der Waals surface area (Å²) in [4.78, 5) is 0. The van der Waals surface area contributed by atoms with E-state index in [1.807, 2.05) is 6.07 Å². The molecule has 0 aliphatic carbocycles. The van der Waals surface area contributed by atoms with Crippen LogP contribution in [0, 0.1) is 17.7 Å². The first-order valence-electron chi connectivity index (χ1n) is 7.38. The Balaban J connectivity index is 1.80. The van der Waals surface area contributed by atoms with Gasteiger partial charge in [0.1, 0.15) is 5.82 Å². The monoisotopic (exact) mass is 263 g/mol. The average Bonchev–Trinajstić information content (AvgIpc) is 2.48. The van der Waals surface area contributed by atoms with Gasteiger partial charge in [0.25, 0.3) is 0 Å². The van der Waals surface area contributed by atoms with Crippen LogP contribution >= 0.6 is 0 Å². The second-order valence-corrected chi connectivity index (χ2v) is 5.77. The summed E-state index contributed by atoms with van der Waals surface area (Å²) in [7, 11) is 0. The third-order valence-corrected chi connectivity index (χ3v) is 4.68. The first kappa shape index (κ1) is 13.1. The van der Waals surface area contributed by atoms with Crippen LogP contribution in [0.5, 0.6) is 0 Å². The van der Waals surface area contributed by atoms with Crippen molar-refractivity contribution < 1.29 is 9.13 Å². The molecule has 2 aliphatic heterocycles. The molecule has 2 heterocycles. The summed E-state index contributed by atoms with van der Waals surface area (Å²) in [5, 5.41) is 3.47. The van der Waals surface area contributed by atoms with Gasteiger partial charge >= 0.3 is 0 Å². The molecule has 0 amide bonds. The standard InChI is InChI=1S/C16H22FNO/c17-14-3-1-2-13(10-14)16-11-18-7-4-15(16)12-5-8-19-9-6-12/h1-3,10,12,15-16,18H,4-9,11H2. The Bertz CT molecular complexity index is 417. The molecule has 2 fully saturated rings. The van der Waals surface area contributed by atoms with Gasteiger partial charge in [-0.15, -0.1) is 0 Å². The van der Waals surface area contributed by atoms with Gasteiger partial charge in [0.05, 0.1) is 0 Å². The highest BCUT2D eigenvalue weighted by atomic mass is 19.1. The van der Waals surface area contributed by atoms with Crippen LogP contribution in [0.4, 0.5) is 4.39 Å². The molecule has 0 radical (unpaired) electrons. The highest BCUT2D eigenvalue weighted by Gasteiger charge is 2.33. The van der Waals surface area contributed by atoms with E-state index in [2.05, 4.69) is 11.4 Å². The third-order valence-electron chi connectivity index (χ3n) is 4.68. The topological polar surface area (TPSA) is 21.3 Å². The quantitative estimate of drug-likeness (QED) is 0.886. The lowest BCUT2D eigenvalue weighted by Gasteiger charge is -2.39. The minimum atomic E-state index is -0.117. The first-order valence-corrected chi connectivity index (χ1v) is 7.38. The fourth-order valence-corrected chi connectivity index (χ4v) is 3.69. The Morgan fingerprint density at radius 3 is 2.79 bits per heavy atom. The molecule has 3 rings (SSSR count). The van der Waals surface area contributed by atoms with Gasteiger partial charge in [0.15, 0.2) is 0 Å². The Morgan fingerprint density at radius 1 is 1.16 bits per heavy atom. The van der Waals surface area contributed by atoms with Crippen molar-refractivity contribution in [1.29, 1.82) is 0 Å². The van der Waals surface area contributed by atoms with Gasteiger partial charge in [-0.05, 0) is 61.3 Å². The van der Waals surface area contributed by atoms with E-state index in [1.165, 1.54) is 12.5 Å². The molecule has 0 saturated carbocycles. The molecule has 2 saturated heterocycles. The molecule has 0 bridgehead atoms. The van der Waals surface area contributed by atoms with E-state index in [0.717, 1.165) is 50.6 Å². The van der Waals surface area contributed by atoms with Crippen LogP contribution in [0.15, 0.2) is 24.3 Å². The lowest BCUT2D eigenvalue weighted by molar-refractivity contribution is 0.0356. The molecule has 2 unspecified atom stereocenters. The number of ether oxygens (including phenoxy) is 1. The minimum absolute atomic E-state index is 0.117. The van der Waals surface area contributed by atoms with Crippen molar-refractivity contribution >= 4 is 0 Å². The summed E-state index contributed by atoms with van der Waals surface area (Å²) in [5.74, 6) is 1.75. The molecule has 1 aromatic rings. The van der Waals surface area contributed by atoms with Crippen LogP contribution in [-0.4, -0.2) is 26.3 Å². The second-order valence-electron chi connectivity index (χ2n) is 5.77. The summed E-state index contributed by atoms with van der Waals surface area (Å²) < 4.78 is 18.9. The molecule has 2 nitrogen and oxygen atoms in total. The maximum Gasteiger partial charge on any atom is 0.123 e. The van der Waals surface area contributed by atoms with Crippen molar-refractivity contribution in [2.75, 3.05) is 26.3 Å². The third kappa shape index (κ3) is 2.98. The molecule has 104 valence electrons. The number of hydrogen-bond acceptors (Lipinski definition) is 2. The van der Waals surface area contributed by atoms with Crippen molar-refractivity contribution in [3.8, 4) is 0 Å². The van der Waals surface area contributed by atoms with Crippen molar-refractivity contribution in [2.45, 2.75) is 25.2 Å². The van der Waals surface area contributed by atoms with Gasteiger partial charge in [-0.25, -0.2) is 4.39 Å². The smallest absolute Gasteiger partial charge is 0.123 e. The Kier molecular flexibility index (Phi) is 4.14. The predicted octanol–water partition coefficient (Wildman–Crippen LogP) is 2.95. The van der Waals surface area contributed by atoms with Crippen LogP contribution in [0.1, 0.15) is 30.7 Å². The van der Waals surface area contributed by atoms with Gasteiger partial charge in [-0.1, -0.05) is 12.1 Å². The molecular formula is C16H22FNO. The summed E-state index contributed by atoms with van der Waals surface area (Å²) >= 11 is 0. The predicted molar refractivity (Wildman–Crippen MR) is 73.7 cm³/mol. The number of rotatable bonds is 2. The molecule has 3 heteroatoms. The number of hydrogen-bond donors (Lipinski definition) is 1. The minimum Gasteiger partial charge on any atom is -0.381 e. The Morgan fingerprint density at radius 2 is 2.00 bits per heavy atom. The van der Waals surface area contributed by atoms with Crippen LogP contribution in [0.25, 0.3) is 0 Å². The molecule has 0 spiro atoms. The van der Waals surface area contributed by atoms with Crippen molar-refractivity contribution in [3.05, 3.63) is 35.6 Å². The Hall–Kier alpha value is -0.930. The SMILES string of the molecule is Fc1cccc(C2CNCCC2C2CCOCC2)c1. The van der Waals surface area contributed by atoms with Gasteiger partial charge in [0.2, 0.25) is 0 Å². The number of nitrogens with one attached hydrogen (secondary N) is 1. The van der Waals surface area contributed by atoms with Crippen LogP contribution in [-0.2, 0) is 4.74 Å². The van der Waals surface area contributed by atoms with Crippen molar-refractivity contribution in [2.24, 2.45) is 11.8 Å². The summed E-state index contributed by atoms with van der Waals surface area (Å²) in [6.45, 7) is 3.86. The number of benzene rings is 1. The van der Waals surface area contributed by atoms with Gasteiger partial charge < -0.3 is 10.1 Å². The number of piperidine rings is 1. The largest absolute Gasteiger partial charge is 0.381 e. The van der Waals surface area contributed by atoms with Crippen LogP contribution in [0.3, 0.4) is 0 Å². The molecule has 19 heavy (non-hydrogen) atoms. The van der Waals surface area contributed by atoms with E-state index >= 15 is 0 Å². The number of halogens is 1. The summed E-state index contributed by atoms with van der Waals surface area (Å²) in [5.41, 5.74) is 1.16. The molecule has 1 N–H and O–H groups in total.